The number of ether oxygens (including phenoxy) is 2. The zero-order valence-electron chi connectivity index (χ0n) is 12.1. The van der Waals surface area contributed by atoms with Crippen molar-refractivity contribution in [2.24, 2.45) is 0 Å². The van der Waals surface area contributed by atoms with Gasteiger partial charge in [0, 0.05) is 11.6 Å². The Kier molecular flexibility index (Phi) is 4.04. The van der Waals surface area contributed by atoms with Crippen molar-refractivity contribution < 1.29 is 19.1 Å². The minimum atomic E-state index is -0.652. The van der Waals surface area contributed by atoms with Crippen LogP contribution in [0.2, 0.25) is 0 Å². The molecule has 112 valence electrons. The smallest absolute Gasteiger partial charge is 0.419 e. The minimum absolute atomic E-state index is 0.0616. The Morgan fingerprint density at radius 3 is 2.57 bits per heavy atom. The lowest BCUT2D eigenvalue weighted by Crippen LogP contribution is -2.27. The fourth-order valence-electron chi connectivity index (χ4n) is 1.85. The van der Waals surface area contributed by atoms with Crippen LogP contribution < -0.4 is 0 Å². The highest BCUT2D eigenvalue weighted by molar-refractivity contribution is 9.10. The predicted molar refractivity (Wildman–Crippen MR) is 80.4 cm³/mol. The molecule has 6 nitrogen and oxygen atoms in total. The number of halogens is 1. The van der Waals surface area contributed by atoms with E-state index in [1.165, 1.54) is 17.9 Å². The molecule has 2 aromatic heterocycles. The lowest BCUT2D eigenvalue weighted by molar-refractivity contribution is 0.0540. The molecule has 7 heteroatoms. The van der Waals surface area contributed by atoms with Crippen LogP contribution in [0.5, 0.6) is 0 Å². The average molecular weight is 355 g/mol. The van der Waals surface area contributed by atoms with Crippen LogP contribution in [0.15, 0.2) is 22.9 Å². The fraction of sp³-hybridized carbons (Fsp3) is 0.357. The summed E-state index contributed by atoms with van der Waals surface area (Å²) in [6.45, 7) is 5.30. The van der Waals surface area contributed by atoms with Crippen LogP contribution in [0.3, 0.4) is 0 Å². The van der Waals surface area contributed by atoms with E-state index in [1.54, 1.807) is 32.9 Å². The molecular weight excluding hydrogens is 340 g/mol. The second-order valence-corrected chi connectivity index (χ2v) is 6.18. The molecule has 0 fully saturated rings. The first-order chi connectivity index (χ1) is 9.74. The van der Waals surface area contributed by atoms with Crippen LogP contribution in [0.4, 0.5) is 4.79 Å². The Balaban J connectivity index is 2.65. The van der Waals surface area contributed by atoms with E-state index in [4.69, 9.17) is 9.47 Å². The summed E-state index contributed by atoms with van der Waals surface area (Å²) in [6, 6.07) is 3.42. The molecule has 0 bridgehead atoms. The molecule has 0 aliphatic rings. The molecule has 2 heterocycles. The van der Waals surface area contributed by atoms with E-state index in [2.05, 4.69) is 20.9 Å². The van der Waals surface area contributed by atoms with Gasteiger partial charge in [-0.05, 0) is 48.8 Å². The van der Waals surface area contributed by atoms with Gasteiger partial charge >= 0.3 is 12.1 Å². The fourth-order valence-corrected chi connectivity index (χ4v) is 2.42. The maximum absolute atomic E-state index is 12.4. The molecular formula is C14H15BrN2O4. The Morgan fingerprint density at radius 1 is 1.33 bits per heavy atom. The summed E-state index contributed by atoms with van der Waals surface area (Å²) in [7, 11) is 1.26. The SMILES string of the molecule is COC(=O)c1nccc2cc(Br)n(C(=O)OC(C)(C)C)c12. The second kappa shape index (κ2) is 5.48. The van der Waals surface area contributed by atoms with Crippen LogP contribution in [-0.2, 0) is 9.47 Å². The zero-order valence-corrected chi connectivity index (χ0v) is 13.7. The molecule has 0 unspecified atom stereocenters. The van der Waals surface area contributed by atoms with Gasteiger partial charge in [0.25, 0.3) is 0 Å². The van der Waals surface area contributed by atoms with Crippen LogP contribution in [0, 0.1) is 0 Å². The van der Waals surface area contributed by atoms with E-state index in [0.717, 1.165) is 0 Å². The average Bonchev–Trinajstić information content (AvgIpc) is 2.71. The third-order valence-electron chi connectivity index (χ3n) is 2.62. The zero-order chi connectivity index (χ0) is 15.8. The number of pyridine rings is 1. The third kappa shape index (κ3) is 3.07. The number of methoxy groups -OCH3 is 1. The lowest BCUT2D eigenvalue weighted by Gasteiger charge is -2.20. The van der Waals surface area contributed by atoms with E-state index in [9.17, 15) is 9.59 Å². The number of carbonyl (C=O) groups is 2. The molecule has 0 aromatic carbocycles. The van der Waals surface area contributed by atoms with E-state index >= 15 is 0 Å². The molecule has 0 radical (unpaired) electrons. The van der Waals surface area contributed by atoms with Crippen molar-refractivity contribution >= 4 is 38.9 Å². The molecule has 0 saturated carbocycles. The molecule has 0 aliphatic heterocycles. The molecule has 0 saturated heterocycles. The van der Waals surface area contributed by atoms with Gasteiger partial charge in [-0.2, -0.15) is 0 Å². The monoisotopic (exact) mass is 354 g/mol. The number of hydrogen-bond donors (Lipinski definition) is 0. The highest BCUT2D eigenvalue weighted by Crippen LogP contribution is 2.27. The Hall–Kier alpha value is -1.89. The van der Waals surface area contributed by atoms with Crippen molar-refractivity contribution in [3.63, 3.8) is 0 Å². The van der Waals surface area contributed by atoms with Gasteiger partial charge in [-0.15, -0.1) is 0 Å². The summed E-state index contributed by atoms with van der Waals surface area (Å²) >= 11 is 3.31. The molecule has 0 amide bonds. The summed E-state index contributed by atoms with van der Waals surface area (Å²) in [5.74, 6) is -0.615. The normalized spacial score (nSPS) is 11.5. The Morgan fingerprint density at radius 2 is 2.00 bits per heavy atom. The number of nitrogens with zero attached hydrogens (tertiary/aromatic N) is 2. The molecule has 0 spiro atoms. The van der Waals surface area contributed by atoms with Gasteiger partial charge in [0.1, 0.15) is 5.60 Å². The molecule has 0 atom stereocenters. The van der Waals surface area contributed by atoms with Crippen molar-refractivity contribution in [2.45, 2.75) is 26.4 Å². The molecule has 2 rings (SSSR count). The standard InChI is InChI=1S/C14H15BrN2O4/c1-14(2,3)21-13(19)17-9(15)7-8-5-6-16-10(11(8)17)12(18)20-4/h5-7H,1-4H3. The van der Waals surface area contributed by atoms with Gasteiger partial charge in [0.2, 0.25) is 0 Å². The third-order valence-corrected chi connectivity index (χ3v) is 3.21. The molecule has 2 aromatic rings. The van der Waals surface area contributed by atoms with Crippen LogP contribution in [0.25, 0.3) is 10.9 Å². The first-order valence-electron chi connectivity index (χ1n) is 6.22. The van der Waals surface area contributed by atoms with E-state index in [-0.39, 0.29) is 5.69 Å². The molecule has 0 aliphatic carbocycles. The summed E-state index contributed by atoms with van der Waals surface area (Å²) in [4.78, 5) is 28.2. The number of fused-ring (bicyclic) bond motifs is 1. The van der Waals surface area contributed by atoms with Crippen LogP contribution >= 0.6 is 15.9 Å². The summed E-state index contributed by atoms with van der Waals surface area (Å²) in [6.07, 6.45) is 0.892. The summed E-state index contributed by atoms with van der Waals surface area (Å²) < 4.78 is 11.8. The number of aromatic nitrogens is 2. The van der Waals surface area contributed by atoms with Crippen molar-refractivity contribution in [2.75, 3.05) is 7.11 Å². The quantitative estimate of drug-likeness (QED) is 0.734. The minimum Gasteiger partial charge on any atom is -0.464 e. The first kappa shape index (κ1) is 15.5. The van der Waals surface area contributed by atoms with E-state index in [0.29, 0.717) is 15.5 Å². The lowest BCUT2D eigenvalue weighted by atomic mass is 10.2. The van der Waals surface area contributed by atoms with Gasteiger partial charge in [-0.1, -0.05) is 0 Å². The summed E-state index contributed by atoms with van der Waals surface area (Å²) in [5.41, 5.74) is -0.238. The number of carbonyl (C=O) groups excluding carboxylic acids is 2. The number of esters is 1. The van der Waals surface area contributed by atoms with Gasteiger partial charge in [0.15, 0.2) is 5.69 Å². The van der Waals surface area contributed by atoms with Gasteiger partial charge < -0.3 is 9.47 Å². The predicted octanol–water partition coefficient (Wildman–Crippen LogP) is 3.37. The topological polar surface area (TPSA) is 70.4 Å². The van der Waals surface area contributed by atoms with Crippen molar-refractivity contribution in [3.05, 3.63) is 28.6 Å². The highest BCUT2D eigenvalue weighted by atomic mass is 79.9. The number of rotatable bonds is 1. The van der Waals surface area contributed by atoms with E-state index in [1.807, 2.05) is 0 Å². The highest BCUT2D eigenvalue weighted by Gasteiger charge is 2.25. The van der Waals surface area contributed by atoms with Crippen molar-refractivity contribution in [1.82, 2.24) is 9.55 Å². The van der Waals surface area contributed by atoms with E-state index < -0.39 is 17.7 Å². The Bertz CT molecular complexity index is 716. The van der Waals surface area contributed by atoms with Gasteiger partial charge in [0.05, 0.1) is 17.2 Å². The largest absolute Gasteiger partial charge is 0.464 e. The first-order valence-corrected chi connectivity index (χ1v) is 7.01. The molecule has 0 N–H and O–H groups in total. The van der Waals surface area contributed by atoms with Crippen molar-refractivity contribution in [3.8, 4) is 0 Å². The van der Waals surface area contributed by atoms with Crippen LogP contribution in [0.1, 0.15) is 31.3 Å². The maximum Gasteiger partial charge on any atom is 0.419 e. The number of hydrogen-bond acceptors (Lipinski definition) is 5. The van der Waals surface area contributed by atoms with Gasteiger partial charge in [-0.3, -0.25) is 0 Å². The maximum atomic E-state index is 12.4. The van der Waals surface area contributed by atoms with Gasteiger partial charge in [-0.25, -0.2) is 19.1 Å². The van der Waals surface area contributed by atoms with Crippen LogP contribution in [-0.4, -0.2) is 34.3 Å². The molecule has 21 heavy (non-hydrogen) atoms. The summed E-state index contributed by atoms with van der Waals surface area (Å²) in [5, 5.41) is 0.683. The van der Waals surface area contributed by atoms with Crippen molar-refractivity contribution in [1.29, 1.82) is 0 Å². The second-order valence-electron chi connectivity index (χ2n) is 5.37. The Labute approximate surface area is 130 Å².